The molecule has 0 spiro atoms. The molecule has 90 valence electrons. The molecule has 18 heavy (non-hydrogen) atoms. The molecule has 0 aliphatic carbocycles. The van der Waals surface area contributed by atoms with Crippen LogP contribution in [0.2, 0.25) is 0 Å². The number of aryl methyl sites for hydroxylation is 1. The smallest absolute Gasteiger partial charge is 0.155 e. The summed E-state index contributed by atoms with van der Waals surface area (Å²) in [5, 5.41) is 11.3. The van der Waals surface area contributed by atoms with Crippen LogP contribution in [-0.4, -0.2) is 25.0 Å². The van der Waals surface area contributed by atoms with Crippen molar-refractivity contribution in [2.75, 3.05) is 5.73 Å². The highest BCUT2D eigenvalue weighted by Gasteiger charge is 2.17. The number of pyridine rings is 1. The number of H-pyrrole nitrogens is 1. The molecule has 0 unspecified atom stereocenters. The van der Waals surface area contributed by atoms with Gasteiger partial charge in [-0.1, -0.05) is 6.07 Å². The molecule has 0 radical (unpaired) electrons. The Kier molecular flexibility index (Phi) is 2.33. The lowest BCUT2D eigenvalue weighted by molar-refractivity contribution is 0.770. The number of nitrogen functional groups attached to an aromatic ring is 1. The molecule has 3 aromatic rings. The summed E-state index contributed by atoms with van der Waals surface area (Å²) in [5.41, 5.74) is 9.05. The first-order chi connectivity index (χ1) is 8.75. The van der Waals surface area contributed by atoms with Gasteiger partial charge in [0, 0.05) is 19.4 Å². The molecule has 0 fully saturated rings. The van der Waals surface area contributed by atoms with Crippen LogP contribution in [0.25, 0.3) is 22.6 Å². The largest absolute Gasteiger partial charge is 0.382 e. The van der Waals surface area contributed by atoms with E-state index in [-0.39, 0.29) is 0 Å². The maximum atomic E-state index is 5.90. The molecule has 3 heterocycles. The van der Waals surface area contributed by atoms with E-state index in [4.69, 9.17) is 5.73 Å². The minimum Gasteiger partial charge on any atom is -0.382 e. The van der Waals surface area contributed by atoms with Gasteiger partial charge in [-0.3, -0.25) is 14.8 Å². The predicted octanol–water partition coefficient (Wildman–Crippen LogP) is 1.45. The molecule has 0 aromatic carbocycles. The molecule has 3 aromatic heterocycles. The summed E-state index contributed by atoms with van der Waals surface area (Å²) < 4.78 is 1.73. The second-order valence-electron chi connectivity index (χ2n) is 3.95. The van der Waals surface area contributed by atoms with Crippen molar-refractivity contribution < 1.29 is 0 Å². The Hall–Kier alpha value is -2.63. The van der Waals surface area contributed by atoms with Crippen molar-refractivity contribution in [1.29, 1.82) is 0 Å². The Morgan fingerprint density at radius 2 is 2.11 bits per heavy atom. The van der Waals surface area contributed by atoms with Crippen molar-refractivity contribution in [2.45, 2.75) is 0 Å². The minimum atomic E-state index is 0.425. The average Bonchev–Trinajstić information content (AvgIpc) is 2.96. The number of rotatable bonds is 2. The first-order valence-corrected chi connectivity index (χ1v) is 5.51. The summed E-state index contributed by atoms with van der Waals surface area (Å²) in [7, 11) is 1.86. The highest BCUT2D eigenvalue weighted by atomic mass is 15.3. The van der Waals surface area contributed by atoms with Crippen LogP contribution in [0, 0.1) is 0 Å². The zero-order valence-corrected chi connectivity index (χ0v) is 9.83. The molecule has 0 amide bonds. The average molecular weight is 240 g/mol. The van der Waals surface area contributed by atoms with Crippen molar-refractivity contribution in [3.63, 3.8) is 0 Å². The van der Waals surface area contributed by atoms with E-state index >= 15 is 0 Å². The zero-order valence-electron chi connectivity index (χ0n) is 9.83. The van der Waals surface area contributed by atoms with E-state index in [9.17, 15) is 0 Å². The third-order valence-electron chi connectivity index (χ3n) is 2.69. The number of aromatic amines is 1. The van der Waals surface area contributed by atoms with Crippen LogP contribution < -0.4 is 5.73 Å². The first-order valence-electron chi connectivity index (χ1n) is 5.51. The molecule has 0 bridgehead atoms. The lowest BCUT2D eigenvalue weighted by atomic mass is 10.1. The molecular weight excluding hydrogens is 228 g/mol. The zero-order chi connectivity index (χ0) is 12.5. The van der Waals surface area contributed by atoms with Crippen LogP contribution in [0.15, 0.2) is 36.7 Å². The van der Waals surface area contributed by atoms with Crippen molar-refractivity contribution in [2.24, 2.45) is 7.05 Å². The first kappa shape index (κ1) is 10.5. The van der Waals surface area contributed by atoms with E-state index < -0.39 is 0 Å². The second kappa shape index (κ2) is 3.99. The van der Waals surface area contributed by atoms with Gasteiger partial charge in [-0.15, -0.1) is 0 Å². The molecule has 0 saturated heterocycles. The van der Waals surface area contributed by atoms with Gasteiger partial charge in [0.25, 0.3) is 0 Å². The number of aromatic nitrogens is 5. The monoisotopic (exact) mass is 240 g/mol. The molecule has 0 atom stereocenters. The fraction of sp³-hybridized carbons (Fsp3) is 0.0833. The third-order valence-corrected chi connectivity index (χ3v) is 2.69. The summed E-state index contributed by atoms with van der Waals surface area (Å²) in [6.45, 7) is 0. The SMILES string of the molecule is Cn1ccc(-c2[nH]nc(N)c2-c2ccccn2)n1. The Labute approximate surface area is 103 Å². The van der Waals surface area contributed by atoms with Gasteiger partial charge < -0.3 is 5.73 Å². The molecule has 6 nitrogen and oxygen atoms in total. The van der Waals surface area contributed by atoms with Gasteiger partial charge >= 0.3 is 0 Å². The topological polar surface area (TPSA) is 85.4 Å². The lowest BCUT2D eigenvalue weighted by Crippen LogP contribution is -1.92. The fourth-order valence-corrected chi connectivity index (χ4v) is 1.86. The van der Waals surface area contributed by atoms with Crippen molar-refractivity contribution in [3.05, 3.63) is 36.7 Å². The summed E-state index contributed by atoms with van der Waals surface area (Å²) in [4.78, 5) is 4.30. The van der Waals surface area contributed by atoms with Crippen LogP contribution in [0.4, 0.5) is 5.82 Å². The van der Waals surface area contributed by atoms with Gasteiger partial charge in [-0.25, -0.2) is 0 Å². The van der Waals surface area contributed by atoms with E-state index in [1.807, 2.05) is 37.5 Å². The number of hydrogen-bond donors (Lipinski definition) is 2. The van der Waals surface area contributed by atoms with Gasteiger partial charge in [-0.05, 0) is 18.2 Å². The summed E-state index contributed by atoms with van der Waals surface area (Å²) in [6, 6.07) is 7.57. The number of nitrogens with zero attached hydrogens (tertiary/aromatic N) is 4. The van der Waals surface area contributed by atoms with Crippen LogP contribution in [0.5, 0.6) is 0 Å². The van der Waals surface area contributed by atoms with E-state index in [1.165, 1.54) is 0 Å². The summed E-state index contributed by atoms with van der Waals surface area (Å²) in [6.07, 6.45) is 3.60. The Morgan fingerprint density at radius 3 is 2.78 bits per heavy atom. The van der Waals surface area contributed by atoms with Crippen LogP contribution >= 0.6 is 0 Å². The Morgan fingerprint density at radius 1 is 1.22 bits per heavy atom. The lowest BCUT2D eigenvalue weighted by Gasteiger charge is -2.00. The van der Waals surface area contributed by atoms with Crippen molar-refractivity contribution in [3.8, 4) is 22.6 Å². The molecule has 6 heteroatoms. The molecule has 0 aliphatic rings. The molecule has 0 aliphatic heterocycles. The van der Waals surface area contributed by atoms with Gasteiger partial charge in [0.15, 0.2) is 5.82 Å². The number of hydrogen-bond acceptors (Lipinski definition) is 4. The minimum absolute atomic E-state index is 0.425. The Balaban J connectivity index is 2.18. The van der Waals surface area contributed by atoms with Crippen molar-refractivity contribution >= 4 is 5.82 Å². The highest BCUT2D eigenvalue weighted by Crippen LogP contribution is 2.32. The van der Waals surface area contributed by atoms with E-state index in [0.29, 0.717) is 5.82 Å². The van der Waals surface area contributed by atoms with Gasteiger partial charge in [0.1, 0.15) is 5.69 Å². The van der Waals surface area contributed by atoms with Crippen LogP contribution in [0.3, 0.4) is 0 Å². The molecule has 3 rings (SSSR count). The van der Waals surface area contributed by atoms with E-state index in [1.54, 1.807) is 10.9 Å². The highest BCUT2D eigenvalue weighted by molar-refractivity contribution is 5.84. The second-order valence-corrected chi connectivity index (χ2v) is 3.95. The van der Waals surface area contributed by atoms with Crippen LogP contribution in [0.1, 0.15) is 0 Å². The molecule has 3 N–H and O–H groups in total. The Bertz CT molecular complexity index is 667. The third kappa shape index (κ3) is 1.64. The predicted molar refractivity (Wildman–Crippen MR) is 68.4 cm³/mol. The fourth-order valence-electron chi connectivity index (χ4n) is 1.86. The number of anilines is 1. The summed E-state index contributed by atoms with van der Waals surface area (Å²) in [5.74, 6) is 0.425. The van der Waals surface area contributed by atoms with E-state index in [0.717, 1.165) is 22.6 Å². The van der Waals surface area contributed by atoms with E-state index in [2.05, 4.69) is 20.3 Å². The normalized spacial score (nSPS) is 10.7. The molecule has 0 saturated carbocycles. The van der Waals surface area contributed by atoms with Gasteiger partial charge in [0.2, 0.25) is 0 Å². The summed E-state index contributed by atoms with van der Waals surface area (Å²) >= 11 is 0. The number of nitrogens with two attached hydrogens (primary N) is 1. The maximum absolute atomic E-state index is 5.90. The van der Waals surface area contributed by atoms with Gasteiger partial charge in [-0.2, -0.15) is 10.2 Å². The van der Waals surface area contributed by atoms with Gasteiger partial charge in [0.05, 0.1) is 17.0 Å². The number of nitrogens with one attached hydrogen (secondary N) is 1. The van der Waals surface area contributed by atoms with Crippen LogP contribution in [-0.2, 0) is 7.05 Å². The maximum Gasteiger partial charge on any atom is 0.155 e. The standard InChI is InChI=1S/C12H12N6/c1-18-7-5-9(17-18)11-10(12(13)16-15-11)8-4-2-3-6-14-8/h2-7H,1H3,(H3,13,15,16). The molecular formula is C12H12N6. The van der Waals surface area contributed by atoms with Crippen molar-refractivity contribution in [1.82, 2.24) is 25.0 Å². The quantitative estimate of drug-likeness (QED) is 0.710.